The molecule has 20 heavy (non-hydrogen) atoms. The van der Waals surface area contributed by atoms with Gasteiger partial charge in [-0.1, -0.05) is 18.2 Å². The third-order valence-electron chi connectivity index (χ3n) is 3.69. The van der Waals surface area contributed by atoms with Crippen LogP contribution in [0.1, 0.15) is 19.4 Å². The van der Waals surface area contributed by atoms with Crippen LogP contribution in [0.3, 0.4) is 0 Å². The lowest BCUT2D eigenvalue weighted by molar-refractivity contribution is 0.0783. The molecule has 0 atom stereocenters. The van der Waals surface area contributed by atoms with E-state index in [2.05, 4.69) is 34.8 Å². The predicted octanol–water partition coefficient (Wildman–Crippen LogP) is 3.47. The molecule has 0 spiro atoms. The zero-order valence-electron chi connectivity index (χ0n) is 12.0. The van der Waals surface area contributed by atoms with Crippen LogP contribution in [0, 0.1) is 0 Å². The van der Waals surface area contributed by atoms with Crippen molar-refractivity contribution in [3.8, 4) is 11.3 Å². The molecule has 0 amide bonds. The van der Waals surface area contributed by atoms with Crippen molar-refractivity contribution in [2.75, 3.05) is 0 Å². The molecule has 3 nitrogen and oxygen atoms in total. The van der Waals surface area contributed by atoms with Crippen molar-refractivity contribution in [3.05, 3.63) is 54.4 Å². The van der Waals surface area contributed by atoms with Crippen LogP contribution >= 0.6 is 0 Å². The summed E-state index contributed by atoms with van der Waals surface area (Å²) in [4.78, 5) is 4.27. The Bertz CT molecular complexity index is 766. The molecule has 0 aliphatic carbocycles. The van der Waals surface area contributed by atoms with Gasteiger partial charge in [0.05, 0.1) is 11.3 Å². The van der Waals surface area contributed by atoms with E-state index in [1.165, 1.54) is 10.9 Å². The van der Waals surface area contributed by atoms with Crippen molar-refractivity contribution in [2.45, 2.75) is 19.4 Å². The minimum atomic E-state index is -0.881. The summed E-state index contributed by atoms with van der Waals surface area (Å²) < 4.78 is 2.15. The lowest BCUT2D eigenvalue weighted by atomic mass is 9.98. The van der Waals surface area contributed by atoms with Crippen LogP contribution in [0.25, 0.3) is 22.2 Å². The number of hydrogen-bond donors (Lipinski definition) is 1. The van der Waals surface area contributed by atoms with Gasteiger partial charge in [0.25, 0.3) is 0 Å². The maximum Gasteiger partial charge on any atom is 0.0855 e. The van der Waals surface area contributed by atoms with Crippen LogP contribution in [0.15, 0.2) is 48.8 Å². The Hall–Kier alpha value is -2.13. The Kier molecular flexibility index (Phi) is 2.87. The summed E-state index contributed by atoms with van der Waals surface area (Å²) >= 11 is 0. The highest BCUT2D eigenvalue weighted by Gasteiger charge is 2.17. The van der Waals surface area contributed by atoms with E-state index in [-0.39, 0.29) is 0 Å². The van der Waals surface area contributed by atoms with Crippen molar-refractivity contribution in [2.24, 2.45) is 7.05 Å². The highest BCUT2D eigenvalue weighted by molar-refractivity contribution is 5.86. The molecule has 3 rings (SSSR count). The van der Waals surface area contributed by atoms with Gasteiger partial charge >= 0.3 is 0 Å². The van der Waals surface area contributed by atoms with E-state index in [0.717, 1.165) is 16.8 Å². The maximum atomic E-state index is 10.1. The lowest BCUT2D eigenvalue weighted by Crippen LogP contribution is -2.15. The van der Waals surface area contributed by atoms with E-state index >= 15 is 0 Å². The van der Waals surface area contributed by atoms with Gasteiger partial charge in [-0.2, -0.15) is 0 Å². The molecule has 0 radical (unpaired) electrons. The Morgan fingerprint density at radius 2 is 1.85 bits per heavy atom. The Morgan fingerprint density at radius 3 is 2.55 bits per heavy atom. The van der Waals surface area contributed by atoms with Crippen molar-refractivity contribution >= 4 is 10.9 Å². The number of aliphatic hydroxyl groups is 1. The number of pyridine rings is 1. The quantitative estimate of drug-likeness (QED) is 0.771. The molecule has 0 aliphatic rings. The van der Waals surface area contributed by atoms with Gasteiger partial charge in [0.2, 0.25) is 0 Å². The van der Waals surface area contributed by atoms with Crippen LogP contribution in [0.2, 0.25) is 0 Å². The zero-order valence-corrected chi connectivity index (χ0v) is 12.0. The van der Waals surface area contributed by atoms with Crippen LogP contribution in [0.4, 0.5) is 0 Å². The summed E-state index contributed by atoms with van der Waals surface area (Å²) in [6.45, 7) is 3.55. The zero-order chi connectivity index (χ0) is 14.3. The number of aryl methyl sites for hydroxylation is 1. The Labute approximate surface area is 118 Å². The van der Waals surface area contributed by atoms with Crippen LogP contribution in [-0.4, -0.2) is 14.7 Å². The van der Waals surface area contributed by atoms with Crippen molar-refractivity contribution in [1.82, 2.24) is 9.55 Å². The Morgan fingerprint density at radius 1 is 1.10 bits per heavy atom. The standard InChI is InChI=1S/C17H18N2O/c1-17(2,20)14-8-13(10-18-11-14)16-9-12-6-4-5-7-15(12)19(16)3/h4-11,20H,1-3H3. The number of benzene rings is 1. The van der Waals surface area contributed by atoms with Crippen molar-refractivity contribution in [3.63, 3.8) is 0 Å². The average Bonchev–Trinajstić information content (AvgIpc) is 2.76. The molecule has 102 valence electrons. The maximum absolute atomic E-state index is 10.1. The average molecular weight is 266 g/mol. The summed E-state index contributed by atoms with van der Waals surface area (Å²) in [5.41, 5.74) is 3.25. The van der Waals surface area contributed by atoms with E-state index in [0.29, 0.717) is 0 Å². The van der Waals surface area contributed by atoms with Gasteiger partial charge in [0.1, 0.15) is 0 Å². The number of aromatic nitrogens is 2. The molecule has 0 saturated carbocycles. The molecular formula is C17H18N2O. The van der Waals surface area contributed by atoms with Gasteiger partial charge in [-0.05, 0) is 32.0 Å². The highest BCUT2D eigenvalue weighted by atomic mass is 16.3. The molecule has 0 saturated heterocycles. The molecule has 0 unspecified atom stereocenters. The van der Waals surface area contributed by atoms with Gasteiger partial charge in [0.15, 0.2) is 0 Å². The third kappa shape index (κ3) is 2.10. The topological polar surface area (TPSA) is 38.0 Å². The number of rotatable bonds is 2. The fourth-order valence-corrected chi connectivity index (χ4v) is 2.48. The van der Waals surface area contributed by atoms with Gasteiger partial charge in [-0.15, -0.1) is 0 Å². The summed E-state index contributed by atoms with van der Waals surface area (Å²) in [5.74, 6) is 0. The SMILES string of the molecule is Cn1c(-c2cncc(C(C)(C)O)c2)cc2ccccc21. The second kappa shape index (κ2) is 4.46. The third-order valence-corrected chi connectivity index (χ3v) is 3.69. The Balaban J connectivity index is 2.18. The highest BCUT2D eigenvalue weighted by Crippen LogP contribution is 2.29. The first-order valence-corrected chi connectivity index (χ1v) is 6.69. The molecular weight excluding hydrogens is 248 g/mol. The molecule has 3 aromatic rings. The molecule has 0 aliphatic heterocycles. The van der Waals surface area contributed by atoms with Crippen LogP contribution in [0.5, 0.6) is 0 Å². The number of fused-ring (bicyclic) bond motifs is 1. The fraction of sp³-hybridized carbons (Fsp3) is 0.235. The van der Waals surface area contributed by atoms with Crippen LogP contribution < -0.4 is 0 Å². The first-order valence-electron chi connectivity index (χ1n) is 6.69. The first kappa shape index (κ1) is 12.9. The largest absolute Gasteiger partial charge is 0.386 e. The summed E-state index contributed by atoms with van der Waals surface area (Å²) in [7, 11) is 2.05. The van der Waals surface area contributed by atoms with E-state index in [1.807, 2.05) is 24.4 Å². The van der Waals surface area contributed by atoms with E-state index < -0.39 is 5.60 Å². The van der Waals surface area contributed by atoms with Crippen LogP contribution in [-0.2, 0) is 12.6 Å². The second-order valence-electron chi connectivity index (χ2n) is 5.67. The van der Waals surface area contributed by atoms with Gasteiger partial charge < -0.3 is 9.67 Å². The summed E-state index contributed by atoms with van der Waals surface area (Å²) in [6, 6.07) is 12.4. The predicted molar refractivity (Wildman–Crippen MR) is 81.4 cm³/mol. The van der Waals surface area contributed by atoms with Gasteiger partial charge in [-0.3, -0.25) is 4.98 Å². The van der Waals surface area contributed by atoms with Gasteiger partial charge in [-0.25, -0.2) is 0 Å². The monoisotopic (exact) mass is 266 g/mol. The fourth-order valence-electron chi connectivity index (χ4n) is 2.48. The first-order chi connectivity index (χ1) is 9.47. The summed E-state index contributed by atoms with van der Waals surface area (Å²) in [5, 5.41) is 11.3. The number of para-hydroxylation sites is 1. The molecule has 3 heteroatoms. The molecule has 2 heterocycles. The van der Waals surface area contributed by atoms with E-state index in [9.17, 15) is 5.11 Å². The minimum absolute atomic E-state index is 0.820. The minimum Gasteiger partial charge on any atom is -0.386 e. The van der Waals surface area contributed by atoms with E-state index in [4.69, 9.17) is 0 Å². The normalized spacial score (nSPS) is 12.0. The number of hydrogen-bond acceptors (Lipinski definition) is 2. The van der Waals surface area contributed by atoms with Gasteiger partial charge in [0, 0.05) is 41.5 Å². The smallest absolute Gasteiger partial charge is 0.0855 e. The molecule has 0 bridgehead atoms. The summed E-state index contributed by atoms with van der Waals surface area (Å²) in [6.07, 6.45) is 3.55. The van der Waals surface area contributed by atoms with Crippen molar-refractivity contribution < 1.29 is 5.11 Å². The molecule has 2 aromatic heterocycles. The molecule has 0 fully saturated rings. The number of nitrogens with zero attached hydrogens (tertiary/aromatic N) is 2. The molecule has 1 aromatic carbocycles. The lowest BCUT2D eigenvalue weighted by Gasteiger charge is -2.18. The van der Waals surface area contributed by atoms with Crippen molar-refractivity contribution in [1.29, 1.82) is 0 Å². The molecule has 1 N–H and O–H groups in total. The second-order valence-corrected chi connectivity index (χ2v) is 5.67. The van der Waals surface area contributed by atoms with E-state index in [1.54, 1.807) is 20.0 Å².